The maximum absolute atomic E-state index is 12.9. The van der Waals surface area contributed by atoms with E-state index in [1.165, 1.54) is 12.8 Å². The van der Waals surface area contributed by atoms with Crippen molar-refractivity contribution in [3.63, 3.8) is 0 Å². The molecule has 1 aliphatic rings. The van der Waals surface area contributed by atoms with Gasteiger partial charge in [0.1, 0.15) is 0 Å². The number of anilines is 1. The Labute approximate surface area is 192 Å². The van der Waals surface area contributed by atoms with Gasteiger partial charge in [-0.2, -0.15) is 10.1 Å². The summed E-state index contributed by atoms with van der Waals surface area (Å²) in [6, 6.07) is 13.7. The first kappa shape index (κ1) is 21.1. The maximum atomic E-state index is 12.9. The third kappa shape index (κ3) is 4.18. The molecule has 0 unspecified atom stereocenters. The Balaban J connectivity index is 1.33. The molecular formula is C26H27N5O2. The SMILES string of the molecule is Cc1cccc(NC(=O)c2cn(-c3ccc(-c4noc(C5CCCC5)n4)cc3)nc2C)c1C. The molecule has 1 amide bonds. The van der Waals surface area contributed by atoms with Crippen molar-refractivity contribution in [2.24, 2.45) is 0 Å². The minimum atomic E-state index is -0.171. The van der Waals surface area contributed by atoms with Crippen LogP contribution in [-0.2, 0) is 0 Å². The summed E-state index contributed by atoms with van der Waals surface area (Å²) in [5.41, 5.74) is 5.96. The van der Waals surface area contributed by atoms with E-state index < -0.39 is 0 Å². The van der Waals surface area contributed by atoms with Gasteiger partial charge in [0.25, 0.3) is 5.91 Å². The maximum Gasteiger partial charge on any atom is 0.259 e. The zero-order chi connectivity index (χ0) is 22.9. The first-order chi connectivity index (χ1) is 16.0. The van der Waals surface area contributed by atoms with Gasteiger partial charge in [-0.25, -0.2) is 4.68 Å². The Kier molecular flexibility index (Phi) is 5.54. The zero-order valence-electron chi connectivity index (χ0n) is 19.1. The lowest BCUT2D eigenvalue weighted by atomic mass is 10.1. The molecule has 7 nitrogen and oxygen atoms in total. The minimum Gasteiger partial charge on any atom is -0.339 e. The van der Waals surface area contributed by atoms with Crippen LogP contribution in [0.1, 0.15) is 64.7 Å². The van der Waals surface area contributed by atoms with Crippen LogP contribution in [0.15, 0.2) is 53.2 Å². The molecule has 5 rings (SSSR count). The largest absolute Gasteiger partial charge is 0.339 e. The van der Waals surface area contributed by atoms with Crippen molar-refractivity contribution in [3.05, 3.63) is 76.9 Å². The number of benzene rings is 2. The van der Waals surface area contributed by atoms with E-state index in [1.807, 2.05) is 63.2 Å². The Bertz CT molecular complexity index is 1300. The van der Waals surface area contributed by atoms with Crippen molar-refractivity contribution in [2.75, 3.05) is 5.32 Å². The van der Waals surface area contributed by atoms with Crippen LogP contribution in [-0.4, -0.2) is 25.8 Å². The van der Waals surface area contributed by atoms with Crippen LogP contribution in [0, 0.1) is 20.8 Å². The van der Waals surface area contributed by atoms with Crippen molar-refractivity contribution in [2.45, 2.75) is 52.4 Å². The summed E-state index contributed by atoms with van der Waals surface area (Å²) in [5.74, 6) is 1.57. The van der Waals surface area contributed by atoms with E-state index in [2.05, 4.69) is 20.6 Å². The fourth-order valence-corrected chi connectivity index (χ4v) is 4.35. The molecule has 0 bridgehead atoms. The van der Waals surface area contributed by atoms with Crippen LogP contribution in [0.2, 0.25) is 0 Å². The highest BCUT2D eigenvalue weighted by atomic mass is 16.5. The molecule has 1 saturated carbocycles. The second-order valence-corrected chi connectivity index (χ2v) is 8.76. The summed E-state index contributed by atoms with van der Waals surface area (Å²) in [6.45, 7) is 5.87. The quantitative estimate of drug-likeness (QED) is 0.426. The first-order valence-corrected chi connectivity index (χ1v) is 11.4. The van der Waals surface area contributed by atoms with Gasteiger partial charge in [-0.3, -0.25) is 4.79 Å². The number of carbonyl (C=O) groups is 1. The lowest BCUT2D eigenvalue weighted by Gasteiger charge is -2.09. The molecule has 168 valence electrons. The summed E-state index contributed by atoms with van der Waals surface area (Å²) in [6.07, 6.45) is 6.46. The van der Waals surface area contributed by atoms with Crippen LogP contribution < -0.4 is 5.32 Å². The van der Waals surface area contributed by atoms with Crippen LogP contribution in [0.4, 0.5) is 5.69 Å². The van der Waals surface area contributed by atoms with Crippen LogP contribution >= 0.6 is 0 Å². The smallest absolute Gasteiger partial charge is 0.259 e. The number of aromatic nitrogens is 4. The van der Waals surface area contributed by atoms with Gasteiger partial charge in [0.05, 0.1) is 16.9 Å². The third-order valence-electron chi connectivity index (χ3n) is 6.53. The Morgan fingerprint density at radius 1 is 1.06 bits per heavy atom. The molecule has 2 aromatic heterocycles. The molecule has 1 fully saturated rings. The average Bonchev–Trinajstić information content (AvgIpc) is 3.57. The average molecular weight is 442 g/mol. The second-order valence-electron chi connectivity index (χ2n) is 8.76. The Morgan fingerprint density at radius 3 is 2.58 bits per heavy atom. The lowest BCUT2D eigenvalue weighted by molar-refractivity contribution is 0.102. The zero-order valence-corrected chi connectivity index (χ0v) is 19.1. The van der Waals surface area contributed by atoms with Gasteiger partial charge < -0.3 is 9.84 Å². The van der Waals surface area contributed by atoms with Crippen molar-refractivity contribution in [1.29, 1.82) is 0 Å². The summed E-state index contributed by atoms with van der Waals surface area (Å²) < 4.78 is 7.22. The summed E-state index contributed by atoms with van der Waals surface area (Å²) >= 11 is 0. The Morgan fingerprint density at radius 2 is 1.82 bits per heavy atom. The number of nitrogens with one attached hydrogen (secondary N) is 1. The first-order valence-electron chi connectivity index (χ1n) is 11.4. The number of carbonyl (C=O) groups excluding carboxylic acids is 1. The number of aryl methyl sites for hydroxylation is 2. The molecule has 2 heterocycles. The van der Waals surface area contributed by atoms with Gasteiger partial charge in [-0.15, -0.1) is 0 Å². The Hall–Kier alpha value is -3.74. The summed E-state index contributed by atoms with van der Waals surface area (Å²) in [4.78, 5) is 17.5. The number of amides is 1. The van der Waals surface area contributed by atoms with Gasteiger partial charge in [-0.1, -0.05) is 30.1 Å². The number of hydrogen-bond donors (Lipinski definition) is 1. The van der Waals surface area contributed by atoms with Crippen LogP contribution in [0.5, 0.6) is 0 Å². The fourth-order valence-electron chi connectivity index (χ4n) is 4.35. The summed E-state index contributed by atoms with van der Waals surface area (Å²) in [7, 11) is 0. The van der Waals surface area contributed by atoms with Crippen molar-refractivity contribution in [1.82, 2.24) is 19.9 Å². The molecule has 1 N–H and O–H groups in total. The monoisotopic (exact) mass is 441 g/mol. The molecule has 1 aliphatic carbocycles. The molecule has 0 atom stereocenters. The second kappa shape index (κ2) is 8.65. The number of rotatable bonds is 5. The van der Waals surface area contributed by atoms with E-state index in [1.54, 1.807) is 10.9 Å². The van der Waals surface area contributed by atoms with Gasteiger partial charge in [0, 0.05) is 23.4 Å². The molecule has 0 aliphatic heterocycles. The molecule has 7 heteroatoms. The third-order valence-corrected chi connectivity index (χ3v) is 6.53. The molecular weight excluding hydrogens is 414 g/mol. The highest BCUT2D eigenvalue weighted by Gasteiger charge is 2.23. The van der Waals surface area contributed by atoms with Gasteiger partial charge >= 0.3 is 0 Å². The molecule has 0 spiro atoms. The van der Waals surface area contributed by atoms with E-state index >= 15 is 0 Å². The highest BCUT2D eigenvalue weighted by Crippen LogP contribution is 2.34. The lowest BCUT2D eigenvalue weighted by Crippen LogP contribution is -2.13. The molecule has 4 aromatic rings. The molecule has 0 radical (unpaired) electrons. The van der Waals surface area contributed by atoms with E-state index in [9.17, 15) is 4.79 Å². The van der Waals surface area contributed by atoms with Crippen LogP contribution in [0.25, 0.3) is 17.1 Å². The van der Waals surface area contributed by atoms with Gasteiger partial charge in [0.2, 0.25) is 11.7 Å². The van der Waals surface area contributed by atoms with Gasteiger partial charge in [-0.05, 0) is 75.1 Å². The number of nitrogens with zero attached hydrogens (tertiary/aromatic N) is 4. The van der Waals surface area contributed by atoms with Crippen molar-refractivity contribution < 1.29 is 9.32 Å². The van der Waals surface area contributed by atoms with Crippen molar-refractivity contribution >= 4 is 11.6 Å². The normalized spacial score (nSPS) is 14.0. The van der Waals surface area contributed by atoms with Gasteiger partial charge in [0.15, 0.2) is 0 Å². The predicted octanol–water partition coefficient (Wildman–Crippen LogP) is 5.76. The van der Waals surface area contributed by atoms with Crippen LogP contribution in [0.3, 0.4) is 0 Å². The topological polar surface area (TPSA) is 85.8 Å². The number of hydrogen-bond acceptors (Lipinski definition) is 5. The summed E-state index contributed by atoms with van der Waals surface area (Å²) in [5, 5.41) is 11.7. The van der Waals surface area contributed by atoms with E-state index in [4.69, 9.17) is 4.52 Å². The van der Waals surface area contributed by atoms with E-state index in [0.717, 1.165) is 46.8 Å². The minimum absolute atomic E-state index is 0.171. The molecule has 0 saturated heterocycles. The fraction of sp³-hybridized carbons (Fsp3) is 0.308. The standard InChI is InChI=1S/C26H27N5O2/c1-16-7-6-10-23(17(16)2)27-25(32)22-15-31(29-18(22)3)21-13-11-19(12-14-21)24-28-26(33-30-24)20-8-4-5-9-20/h6-7,10-15,20H,4-5,8-9H2,1-3H3,(H,27,32). The van der Waals surface area contributed by atoms with Crippen molar-refractivity contribution in [3.8, 4) is 17.1 Å². The van der Waals surface area contributed by atoms with E-state index in [-0.39, 0.29) is 5.91 Å². The predicted molar refractivity (Wildman–Crippen MR) is 127 cm³/mol. The van der Waals surface area contributed by atoms with E-state index in [0.29, 0.717) is 23.0 Å². The molecule has 33 heavy (non-hydrogen) atoms. The highest BCUT2D eigenvalue weighted by molar-refractivity contribution is 6.05. The molecule has 2 aromatic carbocycles.